The molecular weight excluding hydrogens is 358 g/mol. The Bertz CT molecular complexity index is 701. The van der Waals surface area contributed by atoms with Gasteiger partial charge in [-0.2, -0.15) is 4.31 Å². The van der Waals surface area contributed by atoms with Crippen LogP contribution in [0.2, 0.25) is 0 Å². The van der Waals surface area contributed by atoms with Crippen molar-refractivity contribution in [3.05, 3.63) is 22.2 Å². The van der Waals surface area contributed by atoms with Crippen LogP contribution in [-0.4, -0.2) is 37.3 Å². The number of piperazine rings is 1. The fourth-order valence-corrected chi connectivity index (χ4v) is 5.02. The highest BCUT2D eigenvalue weighted by Gasteiger charge is 2.45. The highest BCUT2D eigenvalue weighted by molar-refractivity contribution is 9.10. The maximum absolute atomic E-state index is 12.9. The zero-order valence-corrected chi connectivity index (χ0v) is 14.5. The molecule has 1 aromatic rings. The van der Waals surface area contributed by atoms with Crippen molar-refractivity contribution in [2.24, 2.45) is 0 Å². The largest absolute Gasteiger partial charge is 0.398 e. The van der Waals surface area contributed by atoms with E-state index < -0.39 is 15.6 Å². The molecule has 0 aliphatic carbocycles. The lowest BCUT2D eigenvalue weighted by Crippen LogP contribution is -2.63. The number of sulfonamides is 1. The molecule has 0 aromatic heterocycles. The van der Waals surface area contributed by atoms with Crippen molar-refractivity contribution in [3.63, 3.8) is 0 Å². The number of halogens is 1. The van der Waals surface area contributed by atoms with E-state index in [-0.39, 0.29) is 17.3 Å². The van der Waals surface area contributed by atoms with E-state index in [0.717, 1.165) is 0 Å². The van der Waals surface area contributed by atoms with Gasteiger partial charge < -0.3 is 11.1 Å². The zero-order valence-electron chi connectivity index (χ0n) is 12.1. The topological polar surface area (TPSA) is 92.5 Å². The maximum atomic E-state index is 12.9. The first-order chi connectivity index (χ1) is 9.58. The smallest absolute Gasteiger partial charge is 0.244 e. The normalized spacial score (nSPS) is 19.3. The van der Waals surface area contributed by atoms with Crippen LogP contribution < -0.4 is 11.1 Å². The van der Waals surface area contributed by atoms with Crippen LogP contribution in [0.3, 0.4) is 0 Å². The molecule has 1 saturated heterocycles. The molecule has 0 atom stereocenters. The number of carbonyl (C=O) groups is 1. The number of rotatable bonds is 2. The molecule has 21 heavy (non-hydrogen) atoms. The first-order valence-electron chi connectivity index (χ1n) is 6.45. The Hall–Kier alpha value is -1.12. The monoisotopic (exact) mass is 375 g/mol. The van der Waals surface area contributed by atoms with Crippen molar-refractivity contribution in [1.82, 2.24) is 9.62 Å². The lowest BCUT2D eigenvalue weighted by molar-refractivity contribution is -0.131. The first-order valence-corrected chi connectivity index (χ1v) is 8.68. The molecule has 1 aromatic carbocycles. The van der Waals surface area contributed by atoms with Crippen LogP contribution in [0.15, 0.2) is 21.5 Å². The van der Waals surface area contributed by atoms with E-state index >= 15 is 0 Å². The number of anilines is 1. The molecule has 1 fully saturated rings. The minimum atomic E-state index is -3.82. The Morgan fingerprint density at radius 3 is 2.62 bits per heavy atom. The minimum absolute atomic E-state index is 0.122. The lowest BCUT2D eigenvalue weighted by atomic mass is 10.0. The summed E-state index contributed by atoms with van der Waals surface area (Å²) < 4.78 is 27.7. The molecule has 0 radical (unpaired) electrons. The van der Waals surface area contributed by atoms with Crippen LogP contribution in [-0.2, 0) is 14.8 Å². The van der Waals surface area contributed by atoms with Crippen LogP contribution >= 0.6 is 15.9 Å². The summed E-state index contributed by atoms with van der Waals surface area (Å²) >= 11 is 3.26. The summed E-state index contributed by atoms with van der Waals surface area (Å²) in [4.78, 5) is 12.1. The molecule has 3 N–H and O–H groups in total. The molecule has 1 amide bonds. The van der Waals surface area contributed by atoms with Crippen molar-refractivity contribution in [2.75, 3.05) is 18.8 Å². The highest BCUT2D eigenvalue weighted by atomic mass is 79.9. The summed E-state index contributed by atoms with van der Waals surface area (Å²) in [5, 5.41) is 2.68. The van der Waals surface area contributed by atoms with Gasteiger partial charge in [-0.05, 0) is 38.5 Å². The Morgan fingerprint density at radius 1 is 1.38 bits per heavy atom. The van der Waals surface area contributed by atoms with Crippen LogP contribution in [0.4, 0.5) is 5.69 Å². The van der Waals surface area contributed by atoms with Crippen molar-refractivity contribution in [2.45, 2.75) is 31.2 Å². The first kappa shape index (κ1) is 16.3. The Morgan fingerprint density at radius 2 is 2.00 bits per heavy atom. The van der Waals surface area contributed by atoms with Gasteiger partial charge in [-0.15, -0.1) is 0 Å². The summed E-state index contributed by atoms with van der Waals surface area (Å²) in [7, 11) is -3.82. The maximum Gasteiger partial charge on any atom is 0.244 e. The molecule has 2 rings (SSSR count). The van der Waals surface area contributed by atoms with E-state index in [0.29, 0.717) is 22.3 Å². The second kappa shape index (κ2) is 5.26. The number of benzene rings is 1. The van der Waals surface area contributed by atoms with E-state index in [1.807, 2.05) is 0 Å². The number of nitrogens with one attached hydrogen (secondary N) is 1. The third-order valence-electron chi connectivity index (χ3n) is 3.71. The van der Waals surface area contributed by atoms with Crippen LogP contribution in [0.25, 0.3) is 0 Å². The van der Waals surface area contributed by atoms with Crippen molar-refractivity contribution >= 4 is 37.5 Å². The minimum Gasteiger partial charge on any atom is -0.398 e. The predicted molar refractivity (Wildman–Crippen MR) is 84.3 cm³/mol. The molecule has 0 unspecified atom stereocenters. The summed E-state index contributed by atoms with van der Waals surface area (Å²) in [5.41, 5.74) is 5.59. The molecule has 1 heterocycles. The molecule has 1 aliphatic rings. The summed E-state index contributed by atoms with van der Waals surface area (Å²) in [5.74, 6) is -0.307. The van der Waals surface area contributed by atoms with Gasteiger partial charge in [-0.25, -0.2) is 8.42 Å². The molecule has 6 nitrogen and oxygen atoms in total. The number of nitrogens with zero attached hydrogens (tertiary/aromatic N) is 1. The van der Waals surface area contributed by atoms with Gasteiger partial charge in [0.2, 0.25) is 15.9 Å². The quantitative estimate of drug-likeness (QED) is 0.760. The van der Waals surface area contributed by atoms with Crippen LogP contribution in [0, 0.1) is 6.92 Å². The number of nitrogen functional groups attached to an aromatic ring is 1. The fraction of sp³-hybridized carbons (Fsp3) is 0.462. The second-order valence-electron chi connectivity index (χ2n) is 5.51. The van der Waals surface area contributed by atoms with Gasteiger partial charge in [0.25, 0.3) is 0 Å². The number of hydrogen-bond donors (Lipinski definition) is 2. The number of amides is 1. The van der Waals surface area contributed by atoms with Gasteiger partial charge in [-0.1, -0.05) is 15.9 Å². The van der Waals surface area contributed by atoms with E-state index in [4.69, 9.17) is 5.73 Å². The number of carbonyl (C=O) groups excluding carboxylic acids is 1. The third kappa shape index (κ3) is 2.67. The Labute approximate surface area is 132 Å². The molecule has 116 valence electrons. The van der Waals surface area contributed by atoms with E-state index in [1.165, 1.54) is 10.4 Å². The van der Waals surface area contributed by atoms with Gasteiger partial charge >= 0.3 is 0 Å². The average Bonchev–Trinajstić information content (AvgIpc) is 2.36. The molecule has 0 bridgehead atoms. The van der Waals surface area contributed by atoms with Gasteiger partial charge in [0.05, 0.1) is 4.90 Å². The number of nitrogens with two attached hydrogens (primary N) is 1. The van der Waals surface area contributed by atoms with Crippen LogP contribution in [0.5, 0.6) is 0 Å². The highest BCUT2D eigenvalue weighted by Crippen LogP contribution is 2.32. The van der Waals surface area contributed by atoms with E-state index in [9.17, 15) is 13.2 Å². The summed E-state index contributed by atoms with van der Waals surface area (Å²) in [6.45, 7) is 5.37. The van der Waals surface area contributed by atoms with Crippen molar-refractivity contribution in [1.29, 1.82) is 0 Å². The molecular formula is C13H18BrN3O3S. The summed E-state index contributed by atoms with van der Waals surface area (Å²) in [6, 6.07) is 3.17. The zero-order chi connectivity index (χ0) is 16.0. The van der Waals surface area contributed by atoms with E-state index in [1.54, 1.807) is 26.8 Å². The second-order valence-corrected chi connectivity index (χ2v) is 8.26. The van der Waals surface area contributed by atoms with Crippen molar-refractivity contribution in [3.8, 4) is 0 Å². The molecule has 1 aliphatic heterocycles. The summed E-state index contributed by atoms with van der Waals surface area (Å²) in [6.07, 6.45) is 0. The predicted octanol–water partition coefficient (Wildman–Crippen LogP) is 1.24. The van der Waals surface area contributed by atoms with Gasteiger partial charge in [0.1, 0.15) is 5.54 Å². The van der Waals surface area contributed by atoms with Gasteiger partial charge in [0, 0.05) is 23.2 Å². The van der Waals surface area contributed by atoms with Crippen LogP contribution in [0.1, 0.15) is 19.4 Å². The van der Waals surface area contributed by atoms with Gasteiger partial charge in [0.15, 0.2) is 0 Å². The molecule has 0 spiro atoms. The van der Waals surface area contributed by atoms with E-state index in [2.05, 4.69) is 21.2 Å². The fourth-order valence-electron chi connectivity index (χ4n) is 2.36. The van der Waals surface area contributed by atoms with Crippen molar-refractivity contribution < 1.29 is 13.2 Å². The SMILES string of the molecule is Cc1c(N)cc(Br)cc1S(=O)(=O)N1CCNC(=O)C1(C)C. The third-order valence-corrected chi connectivity index (χ3v) is 6.37. The number of hydrogen-bond acceptors (Lipinski definition) is 4. The average molecular weight is 376 g/mol. The Balaban J connectivity index is 2.60. The Kier molecular flexibility index (Phi) is 4.07. The van der Waals surface area contributed by atoms with Gasteiger partial charge in [-0.3, -0.25) is 4.79 Å². The standard InChI is InChI=1S/C13H18BrN3O3S/c1-8-10(15)6-9(14)7-11(8)21(19,20)17-5-4-16-12(18)13(17,2)3/h6-7H,4-5,15H2,1-3H3,(H,16,18). The molecule has 8 heteroatoms. The lowest BCUT2D eigenvalue weighted by Gasteiger charge is -2.40. The molecule has 0 saturated carbocycles.